The molecule has 0 radical (unpaired) electrons. The Morgan fingerprint density at radius 2 is 2.41 bits per heavy atom. The number of thiazole rings is 1. The van der Waals surface area contributed by atoms with Crippen LogP contribution in [0.5, 0.6) is 0 Å². The number of rotatable bonds is 5. The highest BCUT2D eigenvalue weighted by atomic mass is 32.1. The fraction of sp³-hybridized carbons (Fsp3) is 0.500. The van der Waals surface area contributed by atoms with E-state index < -0.39 is 6.10 Å². The van der Waals surface area contributed by atoms with Crippen molar-refractivity contribution in [3.8, 4) is 0 Å². The van der Waals surface area contributed by atoms with Gasteiger partial charge in [-0.3, -0.25) is 4.79 Å². The molecule has 5 heteroatoms. The third-order valence-corrected chi connectivity index (χ3v) is 3.00. The first kappa shape index (κ1) is 13.9. The first-order valence-corrected chi connectivity index (χ1v) is 6.35. The molecule has 0 amide bonds. The van der Waals surface area contributed by atoms with E-state index in [1.54, 1.807) is 31.3 Å². The Bertz CT molecular complexity index is 412. The molecule has 17 heavy (non-hydrogen) atoms. The van der Waals surface area contributed by atoms with Gasteiger partial charge in [0.1, 0.15) is 0 Å². The van der Waals surface area contributed by atoms with Gasteiger partial charge >= 0.3 is 5.97 Å². The van der Waals surface area contributed by atoms with Crippen molar-refractivity contribution < 1.29 is 14.6 Å². The largest absolute Gasteiger partial charge is 0.466 e. The number of aliphatic hydroxyl groups excluding tert-OH is 1. The molecular weight excluding hydrogens is 238 g/mol. The van der Waals surface area contributed by atoms with Crippen LogP contribution in [0.3, 0.4) is 0 Å². The molecule has 1 unspecified atom stereocenters. The number of carbonyl (C=O) groups is 1. The third-order valence-electron chi connectivity index (χ3n) is 2.20. The second-order valence-corrected chi connectivity index (χ2v) is 4.77. The molecule has 94 valence electrons. The van der Waals surface area contributed by atoms with Crippen LogP contribution in [-0.2, 0) is 9.53 Å². The topological polar surface area (TPSA) is 59.4 Å². The van der Waals surface area contributed by atoms with Gasteiger partial charge in [0.25, 0.3) is 0 Å². The molecule has 0 fully saturated rings. The zero-order chi connectivity index (χ0) is 12.8. The average Bonchev–Trinajstić information content (AvgIpc) is 2.64. The van der Waals surface area contributed by atoms with E-state index in [0.717, 1.165) is 10.7 Å². The lowest BCUT2D eigenvalue weighted by atomic mass is 10.1. The minimum Gasteiger partial charge on any atom is -0.466 e. The molecule has 0 bridgehead atoms. The van der Waals surface area contributed by atoms with Crippen LogP contribution in [0.1, 0.15) is 31.0 Å². The molecular formula is C12H17NO3S. The fourth-order valence-corrected chi connectivity index (χ4v) is 1.88. The maximum Gasteiger partial charge on any atom is 0.308 e. The van der Waals surface area contributed by atoms with Crippen LogP contribution in [0.2, 0.25) is 0 Å². The summed E-state index contributed by atoms with van der Waals surface area (Å²) >= 11 is 1.55. The molecule has 1 aromatic rings. The van der Waals surface area contributed by atoms with Crippen LogP contribution in [0.15, 0.2) is 11.0 Å². The lowest BCUT2D eigenvalue weighted by Gasteiger charge is -2.09. The van der Waals surface area contributed by atoms with Gasteiger partial charge in [-0.1, -0.05) is 0 Å². The van der Waals surface area contributed by atoms with Crippen LogP contribution in [-0.4, -0.2) is 28.8 Å². The summed E-state index contributed by atoms with van der Waals surface area (Å²) in [5.74, 6) is -0.387. The lowest BCUT2D eigenvalue weighted by Crippen LogP contribution is -2.16. The van der Waals surface area contributed by atoms with Crippen LogP contribution in [0.25, 0.3) is 6.08 Å². The molecule has 0 saturated heterocycles. The van der Waals surface area contributed by atoms with Crippen molar-refractivity contribution in [2.24, 2.45) is 0 Å². The van der Waals surface area contributed by atoms with Gasteiger partial charge in [-0.15, -0.1) is 11.3 Å². The van der Waals surface area contributed by atoms with Gasteiger partial charge in [0, 0.05) is 5.38 Å². The Kier molecular flexibility index (Phi) is 5.31. The molecule has 0 spiro atoms. The van der Waals surface area contributed by atoms with Crippen LogP contribution >= 0.6 is 11.3 Å². The van der Waals surface area contributed by atoms with Crippen molar-refractivity contribution in [3.05, 3.63) is 21.7 Å². The van der Waals surface area contributed by atoms with E-state index in [4.69, 9.17) is 4.74 Å². The van der Waals surface area contributed by atoms with Crippen LogP contribution in [0.4, 0.5) is 0 Å². The van der Waals surface area contributed by atoms with E-state index >= 15 is 0 Å². The van der Waals surface area contributed by atoms with Crippen molar-refractivity contribution in [1.82, 2.24) is 4.98 Å². The standard InChI is InChI=1S/C12H17NO3S/c1-4-16-12(15)6-11(14)8(2)5-10-7-17-9(3)13-10/h5,7,11,14H,4,6H2,1-3H3/b8-5+. The number of aromatic nitrogens is 1. The fourth-order valence-electron chi connectivity index (χ4n) is 1.31. The smallest absolute Gasteiger partial charge is 0.308 e. The minimum atomic E-state index is -0.809. The Balaban J connectivity index is 2.59. The molecule has 0 aromatic carbocycles. The number of hydrogen-bond donors (Lipinski definition) is 1. The summed E-state index contributed by atoms with van der Waals surface area (Å²) in [6, 6.07) is 0. The van der Waals surface area contributed by atoms with Crippen molar-refractivity contribution >= 4 is 23.4 Å². The Morgan fingerprint density at radius 3 is 2.94 bits per heavy atom. The summed E-state index contributed by atoms with van der Waals surface area (Å²) in [5.41, 5.74) is 1.52. The molecule has 1 heterocycles. The summed E-state index contributed by atoms with van der Waals surface area (Å²) in [4.78, 5) is 15.5. The van der Waals surface area contributed by atoms with Gasteiger partial charge in [0.2, 0.25) is 0 Å². The average molecular weight is 255 g/mol. The Morgan fingerprint density at radius 1 is 1.71 bits per heavy atom. The van der Waals surface area contributed by atoms with Gasteiger partial charge in [0.05, 0.1) is 29.8 Å². The molecule has 1 atom stereocenters. The molecule has 4 nitrogen and oxygen atoms in total. The molecule has 0 aliphatic carbocycles. The Hall–Kier alpha value is -1.20. The monoisotopic (exact) mass is 255 g/mol. The highest BCUT2D eigenvalue weighted by Crippen LogP contribution is 2.15. The molecule has 1 aromatic heterocycles. The van der Waals surface area contributed by atoms with Gasteiger partial charge in [-0.05, 0) is 32.4 Å². The predicted molar refractivity (Wildman–Crippen MR) is 67.8 cm³/mol. The number of ether oxygens (including phenoxy) is 1. The summed E-state index contributed by atoms with van der Waals surface area (Å²) in [5, 5.41) is 12.7. The number of carbonyl (C=O) groups excluding carboxylic acids is 1. The Labute approximate surface area is 105 Å². The summed E-state index contributed by atoms with van der Waals surface area (Å²) in [6.07, 6.45) is 0.961. The quantitative estimate of drug-likeness (QED) is 0.819. The first-order valence-electron chi connectivity index (χ1n) is 5.47. The van der Waals surface area contributed by atoms with Gasteiger partial charge in [-0.25, -0.2) is 4.98 Å². The maximum atomic E-state index is 11.2. The summed E-state index contributed by atoms with van der Waals surface area (Å²) in [6.45, 7) is 5.77. The molecule has 0 saturated carbocycles. The zero-order valence-corrected chi connectivity index (χ0v) is 11.1. The number of hydrogen-bond acceptors (Lipinski definition) is 5. The molecule has 1 N–H and O–H groups in total. The van der Waals surface area contributed by atoms with E-state index in [1.165, 1.54) is 0 Å². The normalized spacial score (nSPS) is 13.5. The van der Waals surface area contributed by atoms with Gasteiger partial charge in [0.15, 0.2) is 0 Å². The highest BCUT2D eigenvalue weighted by molar-refractivity contribution is 7.09. The van der Waals surface area contributed by atoms with Crippen molar-refractivity contribution in [1.29, 1.82) is 0 Å². The number of nitrogens with zero attached hydrogens (tertiary/aromatic N) is 1. The maximum absolute atomic E-state index is 11.2. The minimum absolute atomic E-state index is 0.0146. The van der Waals surface area contributed by atoms with Gasteiger partial charge < -0.3 is 9.84 Å². The van der Waals surface area contributed by atoms with E-state index in [-0.39, 0.29) is 12.4 Å². The third kappa shape index (κ3) is 4.66. The second-order valence-electron chi connectivity index (χ2n) is 3.70. The first-order chi connectivity index (χ1) is 8.02. The number of aliphatic hydroxyl groups is 1. The zero-order valence-electron chi connectivity index (χ0n) is 10.3. The van der Waals surface area contributed by atoms with Crippen LogP contribution < -0.4 is 0 Å². The molecule has 0 aliphatic heterocycles. The van der Waals surface area contributed by atoms with Crippen molar-refractivity contribution in [3.63, 3.8) is 0 Å². The van der Waals surface area contributed by atoms with E-state index in [0.29, 0.717) is 12.2 Å². The summed E-state index contributed by atoms with van der Waals surface area (Å²) < 4.78 is 4.78. The SMILES string of the molecule is CCOC(=O)CC(O)/C(C)=C/c1csc(C)n1. The number of esters is 1. The van der Waals surface area contributed by atoms with Crippen molar-refractivity contribution in [2.45, 2.75) is 33.3 Å². The van der Waals surface area contributed by atoms with E-state index in [2.05, 4.69) is 4.98 Å². The molecule has 0 aliphatic rings. The second kappa shape index (κ2) is 6.51. The van der Waals surface area contributed by atoms with Gasteiger partial charge in [-0.2, -0.15) is 0 Å². The highest BCUT2D eigenvalue weighted by Gasteiger charge is 2.13. The van der Waals surface area contributed by atoms with E-state index in [1.807, 2.05) is 12.3 Å². The number of aryl methyl sites for hydroxylation is 1. The predicted octanol–water partition coefficient (Wildman–Crippen LogP) is 2.17. The molecule has 1 rings (SSSR count). The van der Waals surface area contributed by atoms with Crippen molar-refractivity contribution in [2.75, 3.05) is 6.61 Å². The lowest BCUT2D eigenvalue weighted by molar-refractivity contribution is -0.144. The van der Waals surface area contributed by atoms with Crippen LogP contribution in [0, 0.1) is 6.92 Å². The van der Waals surface area contributed by atoms with E-state index in [9.17, 15) is 9.90 Å². The summed E-state index contributed by atoms with van der Waals surface area (Å²) in [7, 11) is 0.